The first-order valence-electron chi connectivity index (χ1n) is 10.7. The van der Waals surface area contributed by atoms with Crippen molar-refractivity contribution in [2.24, 2.45) is 5.41 Å². The first-order valence-corrected chi connectivity index (χ1v) is 10.7. The van der Waals surface area contributed by atoms with Gasteiger partial charge in [0.1, 0.15) is 17.9 Å². The van der Waals surface area contributed by atoms with Gasteiger partial charge in [-0.25, -0.2) is 14.2 Å². The summed E-state index contributed by atoms with van der Waals surface area (Å²) in [6.45, 7) is 4.72. The summed E-state index contributed by atoms with van der Waals surface area (Å²) in [5.74, 6) is -0.0542. The number of halogens is 1. The summed E-state index contributed by atoms with van der Waals surface area (Å²) in [4.78, 5) is 22.2. The van der Waals surface area contributed by atoms with E-state index in [1.807, 2.05) is 0 Å². The molecule has 9 heteroatoms. The predicted molar refractivity (Wildman–Crippen MR) is 117 cm³/mol. The standard InChI is InChI=1S/C24H23FN4O4/c1-15(30)17-4-2-3-5-18(17)19-8-16(25)6-7-20(19)32-21-9-26-14-28-22(21)33-23(31)29-12-24(13-29)10-27-11-24/h2-9,14-15,27,30H,10-13H2,1H3. The average Bonchev–Trinajstić information content (AvgIpc) is 2.74. The second-order valence-electron chi connectivity index (χ2n) is 8.53. The fraction of sp³-hybridized carbons (Fsp3) is 0.292. The molecule has 1 amide bonds. The molecule has 0 bridgehead atoms. The van der Waals surface area contributed by atoms with E-state index in [4.69, 9.17) is 9.47 Å². The van der Waals surface area contributed by atoms with E-state index in [0.717, 1.165) is 13.1 Å². The molecule has 0 radical (unpaired) electrons. The van der Waals surface area contributed by atoms with Gasteiger partial charge in [-0.3, -0.25) is 0 Å². The Morgan fingerprint density at radius 1 is 1.18 bits per heavy atom. The molecule has 1 spiro atoms. The quantitative estimate of drug-likeness (QED) is 0.614. The lowest BCUT2D eigenvalue weighted by Gasteiger charge is -2.55. The number of carbonyl (C=O) groups is 1. The Morgan fingerprint density at radius 3 is 2.70 bits per heavy atom. The third-order valence-electron chi connectivity index (χ3n) is 6.00. The van der Waals surface area contributed by atoms with Crippen molar-refractivity contribution in [3.8, 4) is 28.5 Å². The highest BCUT2D eigenvalue weighted by Crippen LogP contribution is 2.40. The van der Waals surface area contributed by atoms with Crippen molar-refractivity contribution in [2.45, 2.75) is 13.0 Å². The van der Waals surface area contributed by atoms with Crippen LogP contribution in [0.15, 0.2) is 55.0 Å². The number of hydrogen-bond acceptors (Lipinski definition) is 7. The fourth-order valence-electron chi connectivity index (χ4n) is 4.22. The number of hydrogen-bond donors (Lipinski definition) is 2. The van der Waals surface area contributed by atoms with Gasteiger partial charge >= 0.3 is 6.09 Å². The predicted octanol–water partition coefficient (Wildman–Crippen LogP) is 3.53. The molecule has 8 nitrogen and oxygen atoms in total. The van der Waals surface area contributed by atoms with Crippen LogP contribution in [0.25, 0.3) is 11.1 Å². The lowest BCUT2D eigenvalue weighted by atomic mass is 9.75. The molecule has 1 unspecified atom stereocenters. The highest BCUT2D eigenvalue weighted by Gasteiger charge is 2.50. The molecule has 3 heterocycles. The van der Waals surface area contributed by atoms with Gasteiger partial charge in [0.05, 0.1) is 12.3 Å². The molecule has 2 N–H and O–H groups in total. The van der Waals surface area contributed by atoms with Crippen LogP contribution in [0.2, 0.25) is 0 Å². The third-order valence-corrected chi connectivity index (χ3v) is 6.00. The molecule has 170 valence electrons. The number of nitrogens with one attached hydrogen (secondary N) is 1. The zero-order valence-corrected chi connectivity index (χ0v) is 18.0. The SMILES string of the molecule is CC(O)c1ccccc1-c1cc(F)ccc1Oc1cncnc1OC(=O)N1CC2(CNC2)C1. The minimum absolute atomic E-state index is 0.0261. The Kier molecular flexibility index (Phi) is 5.43. The number of aliphatic hydroxyl groups excluding tert-OH is 1. The topological polar surface area (TPSA) is 96.8 Å². The van der Waals surface area contributed by atoms with E-state index in [1.165, 1.54) is 30.7 Å². The van der Waals surface area contributed by atoms with Crippen molar-refractivity contribution in [1.82, 2.24) is 20.2 Å². The van der Waals surface area contributed by atoms with Crippen LogP contribution >= 0.6 is 0 Å². The van der Waals surface area contributed by atoms with Crippen LogP contribution in [0.5, 0.6) is 17.4 Å². The van der Waals surface area contributed by atoms with Crippen LogP contribution in [0.4, 0.5) is 9.18 Å². The molecule has 0 saturated carbocycles. The number of nitrogens with zero attached hydrogens (tertiary/aromatic N) is 3. The number of likely N-dealkylation sites (tertiary alicyclic amines) is 1. The smallest absolute Gasteiger partial charge is 0.416 e. The summed E-state index contributed by atoms with van der Waals surface area (Å²) in [5, 5.41) is 13.4. The lowest BCUT2D eigenvalue weighted by molar-refractivity contribution is -0.0238. The highest BCUT2D eigenvalue weighted by atomic mass is 19.1. The number of aromatic nitrogens is 2. The first-order chi connectivity index (χ1) is 15.9. The van der Waals surface area contributed by atoms with Crippen LogP contribution in [0.1, 0.15) is 18.6 Å². The molecule has 5 rings (SSSR count). The van der Waals surface area contributed by atoms with Gasteiger partial charge in [0.15, 0.2) is 0 Å². The van der Waals surface area contributed by atoms with Crippen LogP contribution in [-0.2, 0) is 0 Å². The number of aliphatic hydroxyl groups is 1. The van der Waals surface area contributed by atoms with Crippen LogP contribution in [0.3, 0.4) is 0 Å². The van der Waals surface area contributed by atoms with Gasteiger partial charge in [0.2, 0.25) is 5.75 Å². The first kappa shape index (κ1) is 21.3. The molecular weight excluding hydrogens is 427 g/mol. The lowest BCUT2D eigenvalue weighted by Crippen LogP contribution is -2.72. The molecule has 0 aliphatic carbocycles. The summed E-state index contributed by atoms with van der Waals surface area (Å²) in [7, 11) is 0. The number of rotatable bonds is 5. The van der Waals surface area contributed by atoms with Gasteiger partial charge in [0, 0.05) is 37.2 Å². The van der Waals surface area contributed by atoms with Gasteiger partial charge in [-0.05, 0) is 36.2 Å². The zero-order valence-electron chi connectivity index (χ0n) is 18.0. The molecule has 3 aromatic rings. The highest BCUT2D eigenvalue weighted by molar-refractivity contribution is 5.75. The summed E-state index contributed by atoms with van der Waals surface area (Å²) < 4.78 is 25.7. The van der Waals surface area contributed by atoms with Gasteiger partial charge in [-0.1, -0.05) is 24.3 Å². The van der Waals surface area contributed by atoms with E-state index in [9.17, 15) is 14.3 Å². The largest absolute Gasteiger partial charge is 0.449 e. The van der Waals surface area contributed by atoms with E-state index in [1.54, 1.807) is 36.1 Å². The Labute approximate surface area is 190 Å². The monoisotopic (exact) mass is 450 g/mol. The van der Waals surface area contributed by atoms with Gasteiger partial charge in [0.25, 0.3) is 5.88 Å². The summed E-state index contributed by atoms with van der Waals surface area (Å²) in [6.07, 6.45) is 1.38. The molecule has 2 aliphatic heterocycles. The minimum Gasteiger partial charge on any atom is -0.449 e. The molecule has 2 aliphatic rings. The van der Waals surface area contributed by atoms with Crippen LogP contribution in [-0.4, -0.2) is 52.2 Å². The van der Waals surface area contributed by atoms with Crippen molar-refractivity contribution in [3.05, 3.63) is 66.4 Å². The minimum atomic E-state index is -0.764. The maximum absolute atomic E-state index is 14.2. The van der Waals surface area contributed by atoms with E-state index in [0.29, 0.717) is 35.5 Å². The van der Waals surface area contributed by atoms with E-state index < -0.39 is 18.0 Å². The van der Waals surface area contributed by atoms with Crippen molar-refractivity contribution in [1.29, 1.82) is 0 Å². The number of benzene rings is 2. The van der Waals surface area contributed by atoms with Crippen molar-refractivity contribution in [3.63, 3.8) is 0 Å². The van der Waals surface area contributed by atoms with Gasteiger partial charge in [-0.15, -0.1) is 0 Å². The molecule has 2 aromatic carbocycles. The molecule has 1 aromatic heterocycles. The number of carbonyl (C=O) groups excluding carboxylic acids is 1. The Bertz CT molecular complexity index is 1190. The van der Waals surface area contributed by atoms with E-state index in [2.05, 4.69) is 15.3 Å². The number of amides is 1. The molecule has 33 heavy (non-hydrogen) atoms. The fourth-order valence-corrected chi connectivity index (χ4v) is 4.22. The Hall–Kier alpha value is -3.56. The summed E-state index contributed by atoms with van der Waals surface area (Å²) in [6, 6.07) is 11.2. The van der Waals surface area contributed by atoms with Gasteiger partial charge in [-0.2, -0.15) is 4.98 Å². The maximum Gasteiger partial charge on any atom is 0.416 e. The molecule has 2 saturated heterocycles. The molecule has 2 fully saturated rings. The second kappa shape index (κ2) is 8.42. The van der Waals surface area contributed by atoms with Crippen molar-refractivity contribution in [2.75, 3.05) is 26.2 Å². The van der Waals surface area contributed by atoms with Crippen molar-refractivity contribution < 1.29 is 23.8 Å². The molecule has 1 atom stereocenters. The molecular formula is C24H23FN4O4. The van der Waals surface area contributed by atoms with Crippen molar-refractivity contribution >= 4 is 6.09 Å². The van der Waals surface area contributed by atoms with Crippen LogP contribution in [0, 0.1) is 11.2 Å². The Morgan fingerprint density at radius 2 is 1.97 bits per heavy atom. The third kappa shape index (κ3) is 4.12. The number of ether oxygens (including phenoxy) is 2. The maximum atomic E-state index is 14.2. The zero-order chi connectivity index (χ0) is 23.0. The van der Waals surface area contributed by atoms with E-state index >= 15 is 0 Å². The summed E-state index contributed by atoms with van der Waals surface area (Å²) >= 11 is 0. The van der Waals surface area contributed by atoms with Gasteiger partial charge < -0.3 is 24.8 Å². The Balaban J connectivity index is 1.41. The van der Waals surface area contributed by atoms with E-state index in [-0.39, 0.29) is 17.0 Å². The second-order valence-corrected chi connectivity index (χ2v) is 8.53. The van der Waals surface area contributed by atoms with Crippen LogP contribution < -0.4 is 14.8 Å². The normalized spacial score (nSPS) is 17.1. The average molecular weight is 450 g/mol. The summed E-state index contributed by atoms with van der Waals surface area (Å²) in [5.41, 5.74) is 1.86.